The van der Waals surface area contributed by atoms with Crippen LogP contribution in [0.2, 0.25) is 0 Å². The third-order valence-electron chi connectivity index (χ3n) is 5.40. The topological polar surface area (TPSA) is 0 Å². The molecule has 0 heteroatoms. The Morgan fingerprint density at radius 2 is 0.652 bits per heavy atom. The number of hydrogen-bond donors (Lipinski definition) is 0. The van der Waals surface area contributed by atoms with Crippen molar-refractivity contribution in [1.29, 1.82) is 0 Å². The first kappa shape index (κ1) is 23.0. The first-order valence-electron chi connectivity index (χ1n) is 11.3. The second kappa shape index (κ2) is 20.0. The third kappa shape index (κ3) is 18.2. The van der Waals surface area contributed by atoms with Crippen molar-refractivity contribution in [2.45, 2.75) is 143 Å². The van der Waals surface area contributed by atoms with Crippen LogP contribution in [-0.4, -0.2) is 0 Å². The SMILES string of the molecule is CCCCCCCCCCCCC(CCCC)CCCCCC. The Hall–Kier alpha value is 0. The van der Waals surface area contributed by atoms with Crippen molar-refractivity contribution in [3.05, 3.63) is 0 Å². The van der Waals surface area contributed by atoms with Gasteiger partial charge in [-0.25, -0.2) is 0 Å². The van der Waals surface area contributed by atoms with Crippen LogP contribution in [0.15, 0.2) is 0 Å². The summed E-state index contributed by atoms with van der Waals surface area (Å²) >= 11 is 0. The highest BCUT2D eigenvalue weighted by molar-refractivity contribution is 4.61. The van der Waals surface area contributed by atoms with Crippen LogP contribution in [0.25, 0.3) is 0 Å². The molecule has 0 aliphatic heterocycles. The molecule has 0 amide bonds. The van der Waals surface area contributed by atoms with Gasteiger partial charge in [0.05, 0.1) is 0 Å². The molecule has 0 bridgehead atoms. The van der Waals surface area contributed by atoms with Gasteiger partial charge in [0.25, 0.3) is 0 Å². The minimum Gasteiger partial charge on any atom is -0.0654 e. The Morgan fingerprint density at radius 1 is 0.348 bits per heavy atom. The Kier molecular flexibility index (Phi) is 20.0. The lowest BCUT2D eigenvalue weighted by Crippen LogP contribution is -2.01. The summed E-state index contributed by atoms with van der Waals surface area (Å²) < 4.78 is 0. The molecule has 0 rings (SSSR count). The van der Waals surface area contributed by atoms with E-state index < -0.39 is 0 Å². The highest BCUT2D eigenvalue weighted by Crippen LogP contribution is 2.23. The molecular formula is C23H48. The van der Waals surface area contributed by atoms with Crippen molar-refractivity contribution in [2.24, 2.45) is 5.92 Å². The van der Waals surface area contributed by atoms with Gasteiger partial charge in [0.1, 0.15) is 0 Å². The van der Waals surface area contributed by atoms with E-state index in [2.05, 4.69) is 20.8 Å². The van der Waals surface area contributed by atoms with Gasteiger partial charge in [-0.05, 0) is 5.92 Å². The van der Waals surface area contributed by atoms with Crippen LogP contribution in [0.1, 0.15) is 143 Å². The Labute approximate surface area is 149 Å². The van der Waals surface area contributed by atoms with Gasteiger partial charge in [0.2, 0.25) is 0 Å². The lowest BCUT2D eigenvalue weighted by Gasteiger charge is -2.16. The van der Waals surface area contributed by atoms with E-state index in [1.165, 1.54) is 122 Å². The predicted molar refractivity (Wildman–Crippen MR) is 108 cm³/mol. The number of unbranched alkanes of at least 4 members (excludes halogenated alkanes) is 13. The minimum absolute atomic E-state index is 1.04. The maximum absolute atomic E-state index is 2.34. The molecule has 0 aromatic carbocycles. The molecule has 1 atom stereocenters. The molecule has 0 aliphatic rings. The van der Waals surface area contributed by atoms with Gasteiger partial charge in [-0.1, -0.05) is 143 Å². The van der Waals surface area contributed by atoms with Crippen LogP contribution in [0.5, 0.6) is 0 Å². The lowest BCUT2D eigenvalue weighted by molar-refractivity contribution is 0.371. The molecule has 0 nitrogen and oxygen atoms in total. The summed E-state index contributed by atoms with van der Waals surface area (Å²) in [4.78, 5) is 0. The van der Waals surface area contributed by atoms with Crippen LogP contribution in [0.3, 0.4) is 0 Å². The zero-order chi connectivity index (χ0) is 17.0. The van der Waals surface area contributed by atoms with E-state index in [1.54, 1.807) is 0 Å². The van der Waals surface area contributed by atoms with Crippen LogP contribution < -0.4 is 0 Å². The monoisotopic (exact) mass is 324 g/mol. The Bertz CT molecular complexity index is 196. The van der Waals surface area contributed by atoms with Gasteiger partial charge in [-0.2, -0.15) is 0 Å². The molecule has 0 spiro atoms. The molecule has 0 aliphatic carbocycles. The van der Waals surface area contributed by atoms with E-state index in [0.717, 1.165) is 5.92 Å². The van der Waals surface area contributed by atoms with Crippen LogP contribution in [-0.2, 0) is 0 Å². The third-order valence-corrected chi connectivity index (χ3v) is 5.40. The molecule has 1 unspecified atom stereocenters. The van der Waals surface area contributed by atoms with E-state index in [0.29, 0.717) is 0 Å². The fourth-order valence-corrected chi connectivity index (χ4v) is 3.71. The summed E-state index contributed by atoms with van der Waals surface area (Å²) in [5, 5.41) is 0. The largest absolute Gasteiger partial charge is 0.0654 e. The second-order valence-electron chi connectivity index (χ2n) is 7.83. The molecule has 0 saturated carbocycles. The Balaban J connectivity index is 3.46. The maximum Gasteiger partial charge on any atom is -0.0414 e. The fourth-order valence-electron chi connectivity index (χ4n) is 3.71. The van der Waals surface area contributed by atoms with Gasteiger partial charge < -0.3 is 0 Å². The maximum atomic E-state index is 2.34. The van der Waals surface area contributed by atoms with Crippen molar-refractivity contribution in [3.8, 4) is 0 Å². The highest BCUT2D eigenvalue weighted by Gasteiger charge is 2.07. The van der Waals surface area contributed by atoms with Crippen molar-refractivity contribution < 1.29 is 0 Å². The summed E-state index contributed by atoms with van der Waals surface area (Å²) in [5.41, 5.74) is 0. The van der Waals surface area contributed by atoms with Gasteiger partial charge in [0, 0.05) is 0 Å². The van der Waals surface area contributed by atoms with Crippen molar-refractivity contribution in [3.63, 3.8) is 0 Å². The van der Waals surface area contributed by atoms with Crippen LogP contribution in [0, 0.1) is 5.92 Å². The first-order valence-corrected chi connectivity index (χ1v) is 11.3. The molecule has 140 valence electrons. The smallest absolute Gasteiger partial charge is 0.0414 e. The van der Waals surface area contributed by atoms with Crippen molar-refractivity contribution in [1.82, 2.24) is 0 Å². The van der Waals surface area contributed by atoms with E-state index in [9.17, 15) is 0 Å². The quantitative estimate of drug-likeness (QED) is 0.208. The van der Waals surface area contributed by atoms with Crippen molar-refractivity contribution in [2.75, 3.05) is 0 Å². The van der Waals surface area contributed by atoms with E-state index in [-0.39, 0.29) is 0 Å². The number of hydrogen-bond acceptors (Lipinski definition) is 0. The molecule has 0 heterocycles. The van der Waals surface area contributed by atoms with E-state index in [1.807, 2.05) is 0 Å². The highest BCUT2D eigenvalue weighted by atomic mass is 14.1. The zero-order valence-corrected chi connectivity index (χ0v) is 17.0. The first-order chi connectivity index (χ1) is 11.3. The second-order valence-corrected chi connectivity index (χ2v) is 7.83. The van der Waals surface area contributed by atoms with E-state index >= 15 is 0 Å². The van der Waals surface area contributed by atoms with Gasteiger partial charge >= 0.3 is 0 Å². The molecule has 0 saturated heterocycles. The molecule has 0 N–H and O–H groups in total. The molecule has 0 aromatic rings. The molecule has 0 aromatic heterocycles. The van der Waals surface area contributed by atoms with Gasteiger partial charge in [-0.15, -0.1) is 0 Å². The van der Waals surface area contributed by atoms with Crippen LogP contribution in [0.4, 0.5) is 0 Å². The summed E-state index contributed by atoms with van der Waals surface area (Å²) in [6, 6.07) is 0. The summed E-state index contributed by atoms with van der Waals surface area (Å²) in [6.45, 7) is 6.96. The summed E-state index contributed by atoms with van der Waals surface area (Å²) in [5.74, 6) is 1.04. The van der Waals surface area contributed by atoms with Gasteiger partial charge in [0.15, 0.2) is 0 Å². The zero-order valence-electron chi connectivity index (χ0n) is 17.0. The number of rotatable bonds is 19. The predicted octanol–water partition coefficient (Wildman–Crippen LogP) is 9.07. The van der Waals surface area contributed by atoms with E-state index in [4.69, 9.17) is 0 Å². The normalized spacial score (nSPS) is 12.7. The van der Waals surface area contributed by atoms with Gasteiger partial charge in [-0.3, -0.25) is 0 Å². The minimum atomic E-state index is 1.04. The average Bonchev–Trinajstić information content (AvgIpc) is 2.57. The van der Waals surface area contributed by atoms with Crippen LogP contribution >= 0.6 is 0 Å². The van der Waals surface area contributed by atoms with Crippen molar-refractivity contribution >= 4 is 0 Å². The summed E-state index contributed by atoms with van der Waals surface area (Å²) in [6.07, 6.45) is 27.8. The average molecular weight is 325 g/mol. The molecule has 0 radical (unpaired) electrons. The molecular weight excluding hydrogens is 276 g/mol. The fraction of sp³-hybridized carbons (Fsp3) is 1.00. The lowest BCUT2D eigenvalue weighted by atomic mass is 9.90. The molecule has 23 heavy (non-hydrogen) atoms. The molecule has 0 fully saturated rings. The summed E-state index contributed by atoms with van der Waals surface area (Å²) in [7, 11) is 0. The Morgan fingerprint density at radius 3 is 1.09 bits per heavy atom. The standard InChI is InChI=1S/C23H48/c1-4-7-10-12-13-14-15-16-17-19-22-23(20-9-6-3)21-18-11-8-5-2/h23H,4-22H2,1-3H3.